The van der Waals surface area contributed by atoms with E-state index in [1.54, 1.807) is 0 Å². The number of halogens is 1. The lowest BCUT2D eigenvalue weighted by molar-refractivity contribution is 0.161. The summed E-state index contributed by atoms with van der Waals surface area (Å²) in [6.07, 6.45) is 4.37. The van der Waals surface area contributed by atoms with Gasteiger partial charge in [-0.2, -0.15) is 0 Å². The Morgan fingerprint density at radius 3 is 2.07 bits per heavy atom. The third-order valence-electron chi connectivity index (χ3n) is 5.40. The maximum atomic E-state index is 6.74. The first kappa shape index (κ1) is 17.1. The number of alkyl halides is 1. The maximum absolute atomic E-state index is 6.74. The Hall–Kier alpha value is -3.03. The second kappa shape index (κ2) is 6.85. The summed E-state index contributed by atoms with van der Waals surface area (Å²) >= 11 is 6.01. The van der Waals surface area contributed by atoms with Crippen LogP contribution in [0.15, 0.2) is 97.1 Å². The van der Waals surface area contributed by atoms with Crippen LogP contribution in [0.4, 0.5) is 0 Å². The van der Waals surface area contributed by atoms with Gasteiger partial charge in [0.25, 0.3) is 0 Å². The minimum atomic E-state index is -0.640. The zero-order valence-electron chi connectivity index (χ0n) is 15.3. The zero-order chi connectivity index (χ0) is 19.0. The summed E-state index contributed by atoms with van der Waals surface area (Å²) in [5, 5.41) is 2.36. The fourth-order valence-corrected chi connectivity index (χ4v) is 4.15. The fraction of sp³-hybridized carbons (Fsp3) is 0.0769. The normalized spacial score (nSPS) is 14.5. The number of fused-ring (bicyclic) bond motifs is 3. The highest BCUT2D eigenvalue weighted by molar-refractivity contribution is 6.17. The Morgan fingerprint density at radius 2 is 1.43 bits per heavy atom. The lowest BCUT2D eigenvalue weighted by atomic mass is 9.83. The monoisotopic (exact) mass is 382 g/mol. The number of hydrogen-bond donors (Lipinski definition) is 0. The summed E-state index contributed by atoms with van der Waals surface area (Å²) in [5.74, 6) is 1.41. The summed E-state index contributed by atoms with van der Waals surface area (Å²) in [5.41, 5.74) is 3.82. The van der Waals surface area contributed by atoms with E-state index in [0.717, 1.165) is 28.0 Å². The van der Waals surface area contributed by atoms with Crippen molar-refractivity contribution in [3.8, 4) is 5.75 Å². The van der Waals surface area contributed by atoms with Crippen molar-refractivity contribution in [1.29, 1.82) is 0 Å². The van der Waals surface area contributed by atoms with Gasteiger partial charge in [0.15, 0.2) is 5.60 Å². The Bertz CT molecular complexity index is 1120. The predicted molar refractivity (Wildman–Crippen MR) is 117 cm³/mol. The molecule has 1 aliphatic rings. The first-order chi connectivity index (χ1) is 13.8. The van der Waals surface area contributed by atoms with E-state index in [1.165, 1.54) is 10.8 Å². The SMILES string of the molecule is ClCc1ccc2c3c(ccc2c1)OC(c1ccccc1)(c1ccccc1)C=C3. The first-order valence-electron chi connectivity index (χ1n) is 9.41. The summed E-state index contributed by atoms with van der Waals surface area (Å²) in [7, 11) is 0. The van der Waals surface area contributed by atoms with E-state index in [2.05, 4.69) is 91.0 Å². The predicted octanol–water partition coefficient (Wildman–Crippen LogP) is 6.93. The molecule has 136 valence electrons. The largest absolute Gasteiger partial charge is 0.473 e. The van der Waals surface area contributed by atoms with Crippen LogP contribution in [0, 0.1) is 0 Å². The van der Waals surface area contributed by atoms with Gasteiger partial charge in [0.1, 0.15) is 5.75 Å². The molecule has 0 aliphatic carbocycles. The molecule has 0 unspecified atom stereocenters. The van der Waals surface area contributed by atoms with E-state index >= 15 is 0 Å². The van der Waals surface area contributed by atoms with Crippen molar-refractivity contribution in [3.05, 3.63) is 119 Å². The molecule has 1 nitrogen and oxygen atoms in total. The smallest absolute Gasteiger partial charge is 0.178 e. The molecule has 28 heavy (non-hydrogen) atoms. The molecule has 2 heteroatoms. The second-order valence-corrected chi connectivity index (χ2v) is 7.34. The molecule has 0 fully saturated rings. The van der Waals surface area contributed by atoms with E-state index in [0.29, 0.717) is 5.88 Å². The molecule has 0 radical (unpaired) electrons. The highest BCUT2D eigenvalue weighted by Gasteiger charge is 2.37. The topological polar surface area (TPSA) is 9.23 Å². The number of hydrogen-bond acceptors (Lipinski definition) is 1. The van der Waals surface area contributed by atoms with E-state index in [4.69, 9.17) is 16.3 Å². The summed E-state index contributed by atoms with van der Waals surface area (Å²) in [4.78, 5) is 0. The molecule has 0 saturated heterocycles. The number of benzene rings is 4. The van der Waals surface area contributed by atoms with Gasteiger partial charge in [0.2, 0.25) is 0 Å². The summed E-state index contributed by atoms with van der Waals surface area (Å²) < 4.78 is 6.74. The quantitative estimate of drug-likeness (QED) is 0.349. The third-order valence-corrected chi connectivity index (χ3v) is 5.71. The van der Waals surface area contributed by atoms with Crippen LogP contribution in [-0.4, -0.2) is 0 Å². The van der Waals surface area contributed by atoms with Crippen LogP contribution in [0.5, 0.6) is 5.75 Å². The van der Waals surface area contributed by atoms with Crippen molar-refractivity contribution >= 4 is 28.4 Å². The molecule has 0 atom stereocenters. The molecule has 1 heterocycles. The van der Waals surface area contributed by atoms with Crippen molar-refractivity contribution in [2.24, 2.45) is 0 Å². The number of rotatable bonds is 3. The van der Waals surface area contributed by atoms with Crippen molar-refractivity contribution in [2.75, 3.05) is 0 Å². The average molecular weight is 383 g/mol. The second-order valence-electron chi connectivity index (χ2n) is 7.07. The van der Waals surface area contributed by atoms with E-state index in [9.17, 15) is 0 Å². The molecule has 0 amide bonds. The molecule has 0 saturated carbocycles. The van der Waals surface area contributed by atoms with Gasteiger partial charge in [-0.1, -0.05) is 78.9 Å². The molecule has 0 bridgehead atoms. The molecular weight excluding hydrogens is 364 g/mol. The lowest BCUT2D eigenvalue weighted by Gasteiger charge is -2.36. The van der Waals surface area contributed by atoms with Crippen LogP contribution in [-0.2, 0) is 11.5 Å². The lowest BCUT2D eigenvalue weighted by Crippen LogP contribution is -2.34. The Labute approximate surface area is 169 Å². The summed E-state index contributed by atoms with van der Waals surface area (Å²) in [6.45, 7) is 0. The van der Waals surface area contributed by atoms with Crippen LogP contribution >= 0.6 is 11.6 Å². The van der Waals surface area contributed by atoms with Crippen LogP contribution in [0.25, 0.3) is 16.8 Å². The average Bonchev–Trinajstić information content (AvgIpc) is 2.79. The Kier molecular flexibility index (Phi) is 4.18. The standard InChI is InChI=1S/C26H19ClO/c27-18-19-11-13-23-20(17-19)12-14-25-24(23)15-16-26(28-25,21-7-3-1-4-8-21)22-9-5-2-6-10-22/h1-17H,18H2. The third kappa shape index (κ3) is 2.71. The molecule has 4 aromatic rings. The van der Waals surface area contributed by atoms with Crippen molar-refractivity contribution in [2.45, 2.75) is 11.5 Å². The molecular formula is C26H19ClO. The fourth-order valence-electron chi connectivity index (χ4n) is 3.98. The highest BCUT2D eigenvalue weighted by atomic mass is 35.5. The minimum Gasteiger partial charge on any atom is -0.473 e. The van der Waals surface area contributed by atoms with Gasteiger partial charge in [-0.05, 0) is 40.6 Å². The zero-order valence-corrected chi connectivity index (χ0v) is 16.1. The van der Waals surface area contributed by atoms with Crippen LogP contribution in [0.3, 0.4) is 0 Å². The number of ether oxygens (including phenoxy) is 1. The molecule has 0 aromatic heterocycles. The van der Waals surface area contributed by atoms with Crippen molar-refractivity contribution in [3.63, 3.8) is 0 Å². The van der Waals surface area contributed by atoms with Gasteiger partial charge in [-0.3, -0.25) is 0 Å². The molecule has 5 rings (SSSR count). The van der Waals surface area contributed by atoms with Gasteiger partial charge in [0, 0.05) is 22.6 Å². The van der Waals surface area contributed by atoms with Gasteiger partial charge < -0.3 is 4.74 Å². The maximum Gasteiger partial charge on any atom is 0.178 e. The first-order valence-corrected chi connectivity index (χ1v) is 9.94. The van der Waals surface area contributed by atoms with Gasteiger partial charge in [-0.25, -0.2) is 0 Å². The van der Waals surface area contributed by atoms with Crippen molar-refractivity contribution < 1.29 is 4.74 Å². The molecule has 0 N–H and O–H groups in total. The van der Waals surface area contributed by atoms with E-state index < -0.39 is 5.60 Å². The Morgan fingerprint density at radius 1 is 0.750 bits per heavy atom. The molecule has 1 aliphatic heterocycles. The molecule has 4 aromatic carbocycles. The molecule has 0 spiro atoms. The summed E-state index contributed by atoms with van der Waals surface area (Å²) in [6, 6.07) is 31.3. The van der Waals surface area contributed by atoms with Crippen molar-refractivity contribution in [1.82, 2.24) is 0 Å². The van der Waals surface area contributed by atoms with Crippen LogP contribution in [0.2, 0.25) is 0 Å². The van der Waals surface area contributed by atoms with Gasteiger partial charge >= 0.3 is 0 Å². The highest BCUT2D eigenvalue weighted by Crippen LogP contribution is 2.44. The van der Waals surface area contributed by atoms with Gasteiger partial charge in [0.05, 0.1) is 0 Å². The van der Waals surface area contributed by atoms with Crippen LogP contribution in [0.1, 0.15) is 22.3 Å². The van der Waals surface area contributed by atoms with Crippen LogP contribution < -0.4 is 4.74 Å². The minimum absolute atomic E-state index is 0.518. The van der Waals surface area contributed by atoms with Gasteiger partial charge in [-0.15, -0.1) is 11.6 Å². The van der Waals surface area contributed by atoms with E-state index in [1.807, 2.05) is 12.1 Å². The van der Waals surface area contributed by atoms with E-state index in [-0.39, 0.29) is 0 Å². The Balaban J connectivity index is 1.71.